The molecule has 1 aromatic heterocycles. The molecule has 1 aliphatic heterocycles. The van der Waals surface area contributed by atoms with E-state index in [-0.39, 0.29) is 12.1 Å². The third kappa shape index (κ3) is 4.59. The first kappa shape index (κ1) is 16.1. The van der Waals surface area contributed by atoms with Gasteiger partial charge in [0.1, 0.15) is 0 Å². The molecule has 1 aromatic rings. The zero-order chi connectivity index (χ0) is 15.4. The van der Waals surface area contributed by atoms with Crippen LogP contribution in [0.4, 0.5) is 4.79 Å². The lowest BCUT2D eigenvalue weighted by molar-refractivity contribution is -0.149. The number of rotatable bonds is 5. The van der Waals surface area contributed by atoms with Gasteiger partial charge in [0.05, 0.1) is 17.0 Å². The van der Waals surface area contributed by atoms with E-state index in [1.165, 1.54) is 11.3 Å². The van der Waals surface area contributed by atoms with E-state index in [0.717, 1.165) is 4.88 Å². The number of halogens is 1. The summed E-state index contributed by atoms with van der Waals surface area (Å²) in [5.41, 5.74) is 0. The number of ether oxygens (including phenoxy) is 1. The van der Waals surface area contributed by atoms with Gasteiger partial charge in [-0.05, 0) is 25.0 Å². The highest BCUT2D eigenvalue weighted by Crippen LogP contribution is 2.22. The number of hydrogen-bond donors (Lipinski definition) is 2. The van der Waals surface area contributed by atoms with Gasteiger partial charge in [-0.25, -0.2) is 9.59 Å². The second-order valence-electron chi connectivity index (χ2n) is 4.91. The number of carbonyl (C=O) groups is 2. The lowest BCUT2D eigenvalue weighted by Gasteiger charge is -2.19. The lowest BCUT2D eigenvalue weighted by Crippen LogP contribution is -2.40. The number of nitrogens with one attached hydrogen (secondary N) is 1. The van der Waals surface area contributed by atoms with Crippen molar-refractivity contribution < 1.29 is 19.4 Å². The highest BCUT2D eigenvalue weighted by molar-refractivity contribution is 7.16. The van der Waals surface area contributed by atoms with Crippen LogP contribution < -0.4 is 5.32 Å². The fourth-order valence-electron chi connectivity index (χ4n) is 2.12. The van der Waals surface area contributed by atoms with Crippen molar-refractivity contribution in [3.8, 4) is 0 Å². The van der Waals surface area contributed by atoms with Gasteiger partial charge in [-0.2, -0.15) is 0 Å². The number of thiophene rings is 1. The largest absolute Gasteiger partial charge is 0.479 e. The van der Waals surface area contributed by atoms with Crippen LogP contribution in [0.3, 0.4) is 0 Å². The average Bonchev–Trinajstić information content (AvgIpc) is 3.05. The standard InChI is InChI=1S/C13H17ClN2O4S/c1-16(7-9-3-5-11(14)21-9)13(19)15-6-8-2-4-10(20-8)12(17)18/h3,5,8,10H,2,4,6-7H2,1H3,(H,15,19)(H,17,18). The number of hydrogen-bond acceptors (Lipinski definition) is 4. The fourth-order valence-corrected chi connectivity index (χ4v) is 3.26. The quantitative estimate of drug-likeness (QED) is 0.866. The molecule has 2 heterocycles. The summed E-state index contributed by atoms with van der Waals surface area (Å²) >= 11 is 7.28. The molecule has 1 saturated heterocycles. The molecule has 0 radical (unpaired) electrons. The van der Waals surface area contributed by atoms with Crippen molar-refractivity contribution >= 4 is 34.9 Å². The molecule has 21 heavy (non-hydrogen) atoms. The molecular weight excluding hydrogens is 316 g/mol. The Bertz CT molecular complexity index is 522. The average molecular weight is 333 g/mol. The van der Waals surface area contributed by atoms with E-state index in [9.17, 15) is 9.59 Å². The summed E-state index contributed by atoms with van der Waals surface area (Å²) in [6, 6.07) is 3.46. The number of carboxylic acid groups (broad SMARTS) is 1. The lowest BCUT2D eigenvalue weighted by atomic mass is 10.2. The summed E-state index contributed by atoms with van der Waals surface area (Å²) in [7, 11) is 1.69. The van der Waals surface area contributed by atoms with Crippen LogP contribution in [0.1, 0.15) is 17.7 Å². The van der Waals surface area contributed by atoms with Gasteiger partial charge in [0.25, 0.3) is 0 Å². The van der Waals surface area contributed by atoms with Gasteiger partial charge in [-0.1, -0.05) is 11.6 Å². The zero-order valence-electron chi connectivity index (χ0n) is 11.5. The van der Waals surface area contributed by atoms with E-state index >= 15 is 0 Å². The second kappa shape index (κ2) is 7.11. The molecule has 0 bridgehead atoms. The van der Waals surface area contributed by atoms with Crippen molar-refractivity contribution in [1.82, 2.24) is 10.2 Å². The second-order valence-corrected chi connectivity index (χ2v) is 6.71. The van der Waals surface area contributed by atoms with Gasteiger partial charge >= 0.3 is 12.0 Å². The van der Waals surface area contributed by atoms with Crippen molar-refractivity contribution in [3.05, 3.63) is 21.3 Å². The first-order valence-electron chi connectivity index (χ1n) is 6.57. The maximum atomic E-state index is 11.9. The number of amides is 2. The predicted molar refractivity (Wildman–Crippen MR) is 79.7 cm³/mol. The number of carbonyl (C=O) groups excluding carboxylic acids is 1. The molecule has 0 spiro atoms. The molecule has 2 amide bonds. The van der Waals surface area contributed by atoms with Gasteiger partial charge in [0.15, 0.2) is 6.10 Å². The summed E-state index contributed by atoms with van der Waals surface area (Å²) in [5.74, 6) is -0.949. The minimum atomic E-state index is -0.949. The smallest absolute Gasteiger partial charge is 0.332 e. The minimum Gasteiger partial charge on any atom is -0.479 e. The third-order valence-corrected chi connectivity index (χ3v) is 4.45. The van der Waals surface area contributed by atoms with Gasteiger partial charge in [0, 0.05) is 18.5 Å². The third-order valence-electron chi connectivity index (χ3n) is 3.23. The van der Waals surface area contributed by atoms with Crippen molar-refractivity contribution in [2.24, 2.45) is 0 Å². The van der Waals surface area contributed by atoms with Gasteiger partial charge in [-0.15, -0.1) is 11.3 Å². The molecule has 8 heteroatoms. The predicted octanol–water partition coefficient (Wildman–Crippen LogP) is 2.18. The van der Waals surface area contributed by atoms with Crippen LogP contribution in [0, 0.1) is 0 Å². The van der Waals surface area contributed by atoms with Gasteiger partial charge < -0.3 is 20.1 Å². The van der Waals surface area contributed by atoms with Crippen molar-refractivity contribution in [2.45, 2.75) is 31.6 Å². The number of carboxylic acids is 1. The molecule has 0 aromatic carbocycles. The van der Waals surface area contributed by atoms with E-state index in [0.29, 0.717) is 30.3 Å². The number of aliphatic carboxylic acids is 1. The molecule has 0 aliphatic carbocycles. The molecule has 116 valence electrons. The van der Waals surface area contributed by atoms with Crippen molar-refractivity contribution in [2.75, 3.05) is 13.6 Å². The molecule has 2 N–H and O–H groups in total. The minimum absolute atomic E-state index is 0.220. The van der Waals surface area contributed by atoms with Crippen LogP contribution in [0.5, 0.6) is 0 Å². The maximum Gasteiger partial charge on any atom is 0.332 e. The molecule has 1 aliphatic rings. The van der Waals surface area contributed by atoms with Crippen LogP contribution in [0.15, 0.2) is 12.1 Å². The number of urea groups is 1. The van der Waals surface area contributed by atoms with Crippen LogP contribution in [0.25, 0.3) is 0 Å². The Labute approximate surface area is 131 Å². The molecule has 2 unspecified atom stereocenters. The molecule has 6 nitrogen and oxygen atoms in total. The first-order chi connectivity index (χ1) is 9.95. The van der Waals surface area contributed by atoms with Crippen LogP contribution in [-0.4, -0.2) is 47.8 Å². The Balaban J connectivity index is 1.73. The SMILES string of the molecule is CN(Cc1ccc(Cl)s1)C(=O)NCC1CCC(C(=O)O)O1. The molecule has 0 saturated carbocycles. The molecule has 2 rings (SSSR count). The topological polar surface area (TPSA) is 78.9 Å². The Morgan fingerprint density at radius 2 is 2.29 bits per heavy atom. The highest BCUT2D eigenvalue weighted by atomic mass is 35.5. The summed E-state index contributed by atoms with van der Waals surface area (Å²) in [6.07, 6.45) is 0.137. The first-order valence-corrected chi connectivity index (χ1v) is 7.76. The highest BCUT2D eigenvalue weighted by Gasteiger charge is 2.30. The van der Waals surface area contributed by atoms with Gasteiger partial charge in [0.2, 0.25) is 0 Å². The van der Waals surface area contributed by atoms with Crippen LogP contribution >= 0.6 is 22.9 Å². The van der Waals surface area contributed by atoms with Gasteiger partial charge in [-0.3, -0.25) is 0 Å². The Hall–Kier alpha value is -1.31. The number of nitrogens with zero attached hydrogens (tertiary/aromatic N) is 1. The van der Waals surface area contributed by atoms with Crippen molar-refractivity contribution in [3.63, 3.8) is 0 Å². The molecular formula is C13H17ClN2O4S. The monoisotopic (exact) mass is 332 g/mol. The maximum absolute atomic E-state index is 11.9. The normalized spacial score (nSPS) is 21.2. The molecule has 1 fully saturated rings. The van der Waals surface area contributed by atoms with Crippen molar-refractivity contribution in [1.29, 1.82) is 0 Å². The molecule has 2 atom stereocenters. The van der Waals surface area contributed by atoms with E-state index in [1.54, 1.807) is 18.0 Å². The van der Waals surface area contributed by atoms with Crippen LogP contribution in [0.2, 0.25) is 4.34 Å². The Morgan fingerprint density at radius 1 is 1.52 bits per heavy atom. The Kier molecular flexibility index (Phi) is 5.44. The van der Waals surface area contributed by atoms with E-state index in [2.05, 4.69) is 5.32 Å². The van der Waals surface area contributed by atoms with Crippen LogP contribution in [-0.2, 0) is 16.1 Å². The summed E-state index contributed by atoms with van der Waals surface area (Å²) in [4.78, 5) is 25.3. The van der Waals surface area contributed by atoms with E-state index in [1.807, 2.05) is 6.07 Å². The Morgan fingerprint density at radius 3 is 2.86 bits per heavy atom. The summed E-state index contributed by atoms with van der Waals surface area (Å²) in [6.45, 7) is 0.796. The summed E-state index contributed by atoms with van der Waals surface area (Å²) in [5, 5.41) is 11.6. The fraction of sp³-hybridized carbons (Fsp3) is 0.538. The summed E-state index contributed by atoms with van der Waals surface area (Å²) < 4.78 is 6.02. The zero-order valence-corrected chi connectivity index (χ0v) is 13.1. The van der Waals surface area contributed by atoms with E-state index < -0.39 is 12.1 Å². The van der Waals surface area contributed by atoms with E-state index in [4.69, 9.17) is 21.4 Å².